The number of nitrogens with one attached hydrogen (secondary N) is 1. The lowest BCUT2D eigenvalue weighted by Crippen LogP contribution is -2.33. The van der Waals surface area contributed by atoms with Crippen molar-refractivity contribution in [2.45, 2.75) is 29.7 Å². The second-order valence-corrected chi connectivity index (χ2v) is 5.37. The lowest BCUT2D eigenvalue weighted by atomic mass is 10.1. The van der Waals surface area contributed by atoms with Gasteiger partial charge in [0.05, 0.1) is 12.9 Å². The Hall–Kier alpha value is -1.46. The number of ether oxygens (including phenoxy) is 1. The van der Waals surface area contributed by atoms with Crippen LogP contribution in [0, 0.1) is 0 Å². The quantitative estimate of drug-likeness (QED) is 0.501. The van der Waals surface area contributed by atoms with E-state index in [1.165, 1.54) is 22.7 Å². The van der Waals surface area contributed by atoms with Gasteiger partial charge in [0.2, 0.25) is 0 Å². The minimum Gasteiger partial charge on any atom is -0.394 e. The first-order chi connectivity index (χ1) is 10.1. The highest BCUT2D eigenvalue weighted by atomic mass is 32.2. The molecule has 0 bridgehead atoms. The second-order valence-electron chi connectivity index (χ2n) is 4.60. The number of hydrogen-bond acceptors (Lipinski definition) is 8. The van der Waals surface area contributed by atoms with E-state index in [-0.39, 0.29) is 11.2 Å². The van der Waals surface area contributed by atoms with Crippen molar-refractivity contribution in [1.29, 1.82) is 0 Å². The molecule has 3 heterocycles. The first-order valence-electron chi connectivity index (χ1n) is 6.20. The summed E-state index contributed by atoms with van der Waals surface area (Å²) in [5, 5.41) is 29.6. The number of aromatic nitrogens is 4. The Balaban J connectivity index is 2.16. The molecule has 10 heteroatoms. The molecule has 1 saturated heterocycles. The number of aliphatic hydroxyl groups is 3. The molecule has 0 spiro atoms. The maximum Gasteiger partial charge on any atom is 0.278 e. The number of nitrogens with zero attached hydrogens (tertiary/aromatic N) is 3. The van der Waals surface area contributed by atoms with E-state index in [1.54, 1.807) is 6.26 Å². The molecular formula is C11H14N4O5S. The van der Waals surface area contributed by atoms with E-state index in [0.29, 0.717) is 5.16 Å². The van der Waals surface area contributed by atoms with E-state index in [0.717, 1.165) is 0 Å². The average Bonchev–Trinajstić information content (AvgIpc) is 2.99. The molecule has 2 aromatic rings. The molecule has 114 valence electrons. The van der Waals surface area contributed by atoms with Crippen LogP contribution in [0.15, 0.2) is 16.3 Å². The summed E-state index contributed by atoms with van der Waals surface area (Å²) in [6.07, 6.45) is -1.37. The van der Waals surface area contributed by atoms with Crippen LogP contribution in [0.4, 0.5) is 0 Å². The molecule has 1 fully saturated rings. The topological polar surface area (TPSA) is 133 Å². The Morgan fingerprint density at radius 1 is 1.48 bits per heavy atom. The first kappa shape index (κ1) is 14.5. The van der Waals surface area contributed by atoms with Crippen LogP contribution in [0.25, 0.3) is 11.2 Å². The molecule has 21 heavy (non-hydrogen) atoms. The third-order valence-corrected chi connectivity index (χ3v) is 4.06. The van der Waals surface area contributed by atoms with Gasteiger partial charge in [0.1, 0.15) is 18.3 Å². The van der Waals surface area contributed by atoms with E-state index in [4.69, 9.17) is 9.84 Å². The molecule has 4 N–H and O–H groups in total. The number of aromatic amines is 1. The van der Waals surface area contributed by atoms with Crippen LogP contribution in [-0.4, -0.2) is 66.0 Å². The van der Waals surface area contributed by atoms with Gasteiger partial charge in [0.25, 0.3) is 5.56 Å². The van der Waals surface area contributed by atoms with Crippen molar-refractivity contribution in [3.8, 4) is 0 Å². The van der Waals surface area contributed by atoms with E-state index < -0.39 is 36.7 Å². The summed E-state index contributed by atoms with van der Waals surface area (Å²) in [6.45, 7) is -0.427. The number of H-pyrrole nitrogens is 1. The molecule has 0 amide bonds. The fourth-order valence-corrected chi connectivity index (χ4v) is 2.94. The zero-order valence-corrected chi connectivity index (χ0v) is 11.8. The van der Waals surface area contributed by atoms with Crippen LogP contribution < -0.4 is 5.56 Å². The molecule has 0 radical (unpaired) electrons. The van der Waals surface area contributed by atoms with Crippen LogP contribution in [0.3, 0.4) is 0 Å². The number of rotatable bonds is 3. The number of aliphatic hydroxyl groups excluding tert-OH is 3. The highest BCUT2D eigenvalue weighted by Crippen LogP contribution is 2.34. The van der Waals surface area contributed by atoms with E-state index in [2.05, 4.69) is 15.0 Å². The highest BCUT2D eigenvalue weighted by Gasteiger charge is 2.44. The zero-order chi connectivity index (χ0) is 15.1. The molecule has 3 rings (SSSR count). The number of hydrogen-bond donors (Lipinski definition) is 4. The standard InChI is InChI=1S/C11H14N4O5S/c1-21-11-14-5-8(12-3-13-9(5)19)15(11)10-7(18)6(17)4(2-16)20-10/h3-4,6-7,10,16-18H,2H2,1H3,(H,12,13,19)/t4-,6-,7-,10-/m0/s1. The van der Waals surface area contributed by atoms with E-state index in [9.17, 15) is 15.0 Å². The first-order valence-corrected chi connectivity index (χ1v) is 7.43. The SMILES string of the molecule is CSc1nc2c(=O)[nH]cnc2n1[C@H]1O[C@@H](CO)[C@H](O)[C@@H]1O. The molecule has 1 aliphatic rings. The molecule has 0 saturated carbocycles. The van der Waals surface area contributed by atoms with E-state index in [1.807, 2.05) is 0 Å². The average molecular weight is 314 g/mol. The molecule has 0 unspecified atom stereocenters. The van der Waals surface area contributed by atoms with E-state index >= 15 is 0 Å². The minimum atomic E-state index is -1.26. The maximum absolute atomic E-state index is 11.8. The van der Waals surface area contributed by atoms with Crippen molar-refractivity contribution in [1.82, 2.24) is 19.5 Å². The van der Waals surface area contributed by atoms with Crippen LogP contribution in [0.1, 0.15) is 6.23 Å². The Morgan fingerprint density at radius 2 is 2.24 bits per heavy atom. The molecule has 0 aliphatic carbocycles. The number of thioether (sulfide) groups is 1. The van der Waals surface area contributed by atoms with Crippen molar-refractivity contribution in [2.75, 3.05) is 12.9 Å². The van der Waals surface area contributed by atoms with Gasteiger partial charge in [-0.15, -0.1) is 0 Å². The molecule has 1 aliphatic heterocycles. The second kappa shape index (κ2) is 5.39. The molecule has 0 aromatic carbocycles. The third-order valence-electron chi connectivity index (χ3n) is 3.41. The van der Waals surface area contributed by atoms with Crippen molar-refractivity contribution >= 4 is 22.9 Å². The van der Waals surface area contributed by atoms with Crippen LogP contribution in [0.2, 0.25) is 0 Å². The zero-order valence-electron chi connectivity index (χ0n) is 11.0. The summed E-state index contributed by atoms with van der Waals surface area (Å²) in [5.41, 5.74) is -0.0293. The van der Waals surface area contributed by atoms with Gasteiger partial charge in [-0.3, -0.25) is 9.36 Å². The van der Waals surface area contributed by atoms with Crippen molar-refractivity contribution < 1.29 is 20.1 Å². The normalized spacial score (nSPS) is 29.3. The molecular weight excluding hydrogens is 300 g/mol. The predicted octanol–water partition coefficient (Wildman–Crippen LogP) is -1.55. The van der Waals surface area contributed by atoms with Gasteiger partial charge in [-0.05, 0) is 6.26 Å². The van der Waals surface area contributed by atoms with Gasteiger partial charge in [-0.25, -0.2) is 9.97 Å². The smallest absolute Gasteiger partial charge is 0.278 e. The fourth-order valence-electron chi connectivity index (χ4n) is 2.37. The Morgan fingerprint density at radius 3 is 2.86 bits per heavy atom. The van der Waals surface area contributed by atoms with Gasteiger partial charge in [-0.2, -0.15) is 0 Å². The Labute approximate surface area is 122 Å². The summed E-state index contributed by atoms with van der Waals surface area (Å²) in [6, 6.07) is 0. The van der Waals surface area contributed by atoms with Gasteiger partial charge in [-0.1, -0.05) is 11.8 Å². The lowest BCUT2D eigenvalue weighted by molar-refractivity contribution is -0.0548. The van der Waals surface area contributed by atoms with Gasteiger partial charge < -0.3 is 25.0 Å². The van der Waals surface area contributed by atoms with Gasteiger partial charge >= 0.3 is 0 Å². The Kier molecular flexibility index (Phi) is 3.71. The summed E-state index contributed by atoms with van der Waals surface area (Å²) < 4.78 is 6.93. The van der Waals surface area contributed by atoms with Crippen LogP contribution in [0.5, 0.6) is 0 Å². The Bertz CT molecular complexity index is 716. The van der Waals surface area contributed by atoms with Crippen LogP contribution >= 0.6 is 11.8 Å². The van der Waals surface area contributed by atoms with Crippen LogP contribution in [-0.2, 0) is 4.74 Å². The summed E-state index contributed by atoms with van der Waals surface area (Å²) >= 11 is 1.25. The fraction of sp³-hybridized carbons (Fsp3) is 0.545. The third kappa shape index (κ3) is 2.15. The minimum absolute atomic E-state index is 0.125. The molecule has 2 aromatic heterocycles. The predicted molar refractivity (Wildman–Crippen MR) is 72.9 cm³/mol. The van der Waals surface area contributed by atoms with Gasteiger partial charge in [0.15, 0.2) is 22.5 Å². The van der Waals surface area contributed by atoms with Gasteiger partial charge in [0, 0.05) is 0 Å². The lowest BCUT2D eigenvalue weighted by Gasteiger charge is -2.18. The largest absolute Gasteiger partial charge is 0.394 e. The number of imidazole rings is 1. The summed E-state index contributed by atoms with van der Waals surface area (Å²) in [5.74, 6) is 0. The summed E-state index contributed by atoms with van der Waals surface area (Å²) in [7, 11) is 0. The van der Waals surface area contributed by atoms with Crippen molar-refractivity contribution in [3.63, 3.8) is 0 Å². The summed E-state index contributed by atoms with van der Waals surface area (Å²) in [4.78, 5) is 22.4. The van der Waals surface area contributed by atoms with Crippen molar-refractivity contribution in [2.24, 2.45) is 0 Å². The monoisotopic (exact) mass is 314 g/mol. The highest BCUT2D eigenvalue weighted by molar-refractivity contribution is 7.98. The molecule has 9 nitrogen and oxygen atoms in total. The van der Waals surface area contributed by atoms with Crippen molar-refractivity contribution in [3.05, 3.63) is 16.7 Å². The molecule has 4 atom stereocenters. The maximum atomic E-state index is 11.8. The number of fused-ring (bicyclic) bond motifs is 1.